The predicted molar refractivity (Wildman–Crippen MR) is 56.1 cm³/mol. The molecule has 1 saturated carbocycles. The van der Waals surface area contributed by atoms with Crippen LogP contribution in [0.2, 0.25) is 0 Å². The lowest BCUT2D eigenvalue weighted by atomic mass is 9.86. The van der Waals surface area contributed by atoms with Crippen LogP contribution >= 0.6 is 12.4 Å². The number of rotatable bonds is 3. The van der Waals surface area contributed by atoms with Crippen LogP contribution < -0.4 is 11.1 Å². The fourth-order valence-electron chi connectivity index (χ4n) is 1.81. The second-order valence-corrected chi connectivity index (χ2v) is 4.03. The van der Waals surface area contributed by atoms with Gasteiger partial charge in [0.05, 0.1) is 6.54 Å². The minimum atomic E-state index is -4.09. The number of hydrogen-bond donors (Lipinski definition) is 2. The van der Waals surface area contributed by atoms with Crippen molar-refractivity contribution in [3.8, 4) is 0 Å². The predicted octanol–water partition coefficient (Wildman–Crippen LogP) is 2.08. The molecule has 0 aromatic heterocycles. The summed E-state index contributed by atoms with van der Waals surface area (Å²) in [6.45, 7) is -0.415. The first-order valence-electron chi connectivity index (χ1n) is 5.00. The zero-order chi connectivity index (χ0) is 10.6. The molecule has 0 spiro atoms. The van der Waals surface area contributed by atoms with Crippen LogP contribution in [-0.4, -0.2) is 25.3 Å². The highest BCUT2D eigenvalue weighted by molar-refractivity contribution is 5.85. The van der Waals surface area contributed by atoms with Gasteiger partial charge in [-0.2, -0.15) is 13.2 Å². The zero-order valence-electron chi connectivity index (χ0n) is 8.52. The van der Waals surface area contributed by atoms with E-state index in [9.17, 15) is 13.2 Å². The second-order valence-electron chi connectivity index (χ2n) is 4.03. The normalized spacial score (nSPS) is 27.2. The van der Waals surface area contributed by atoms with Gasteiger partial charge in [0, 0.05) is 6.04 Å². The number of halogens is 4. The van der Waals surface area contributed by atoms with Crippen molar-refractivity contribution in [2.24, 2.45) is 11.7 Å². The third kappa shape index (κ3) is 6.98. The fourth-order valence-corrected chi connectivity index (χ4v) is 1.81. The summed E-state index contributed by atoms with van der Waals surface area (Å²) in [6.07, 6.45) is -0.306. The molecule has 0 amide bonds. The van der Waals surface area contributed by atoms with E-state index in [2.05, 4.69) is 5.32 Å². The van der Waals surface area contributed by atoms with Gasteiger partial charge >= 0.3 is 6.18 Å². The summed E-state index contributed by atoms with van der Waals surface area (Å²) in [5.74, 6) is 0.372. The van der Waals surface area contributed by atoms with E-state index in [1.165, 1.54) is 0 Å². The molecule has 6 heteroatoms. The largest absolute Gasteiger partial charge is 0.401 e. The molecule has 0 unspecified atom stereocenters. The van der Waals surface area contributed by atoms with Crippen LogP contribution in [0.15, 0.2) is 0 Å². The standard InChI is InChI=1S/C9H17F3N2.ClH/c10-9(11,12)6-14-5-7-1-3-8(13)4-2-7;/h7-8,14H,1-6,13H2;1H. The maximum Gasteiger partial charge on any atom is 0.401 e. The molecule has 1 fully saturated rings. The molecule has 0 heterocycles. The van der Waals surface area contributed by atoms with Crippen LogP contribution in [0.4, 0.5) is 13.2 Å². The maximum absolute atomic E-state index is 11.8. The number of hydrogen-bond acceptors (Lipinski definition) is 2. The molecule has 3 N–H and O–H groups in total. The number of nitrogens with two attached hydrogens (primary N) is 1. The summed E-state index contributed by atoms with van der Waals surface area (Å²) in [7, 11) is 0. The van der Waals surface area contributed by atoms with E-state index >= 15 is 0 Å². The molecule has 1 rings (SSSR count). The molecule has 1 aliphatic rings. The average Bonchev–Trinajstić information content (AvgIpc) is 2.06. The van der Waals surface area contributed by atoms with E-state index in [1.54, 1.807) is 0 Å². The summed E-state index contributed by atoms with van der Waals surface area (Å²) in [4.78, 5) is 0. The van der Waals surface area contributed by atoms with E-state index in [0.29, 0.717) is 12.5 Å². The Labute approximate surface area is 94.2 Å². The summed E-state index contributed by atoms with van der Waals surface area (Å²) in [6, 6.07) is 0.258. The first-order chi connectivity index (χ1) is 6.47. The molecule has 0 saturated heterocycles. The molecule has 0 aromatic carbocycles. The molecular weight excluding hydrogens is 229 g/mol. The van der Waals surface area contributed by atoms with E-state index in [1.807, 2.05) is 0 Å². The SMILES string of the molecule is Cl.NC1CCC(CNCC(F)(F)F)CC1. The zero-order valence-corrected chi connectivity index (χ0v) is 9.33. The van der Waals surface area contributed by atoms with Crippen LogP contribution in [-0.2, 0) is 0 Å². The monoisotopic (exact) mass is 246 g/mol. The minimum Gasteiger partial charge on any atom is -0.328 e. The van der Waals surface area contributed by atoms with Crippen LogP contribution in [0.25, 0.3) is 0 Å². The Morgan fingerprint density at radius 3 is 2.13 bits per heavy atom. The Hall–Kier alpha value is -0.0000000000000000555. The van der Waals surface area contributed by atoms with Crippen molar-refractivity contribution in [2.75, 3.05) is 13.1 Å². The second kappa shape index (κ2) is 6.55. The maximum atomic E-state index is 11.8. The smallest absolute Gasteiger partial charge is 0.328 e. The first kappa shape index (κ1) is 15.0. The van der Waals surface area contributed by atoms with Crippen molar-refractivity contribution in [3.05, 3.63) is 0 Å². The summed E-state index contributed by atoms with van der Waals surface area (Å²) in [5, 5.41) is 2.44. The van der Waals surface area contributed by atoms with E-state index in [4.69, 9.17) is 5.73 Å². The molecule has 15 heavy (non-hydrogen) atoms. The molecule has 2 nitrogen and oxygen atoms in total. The molecule has 0 radical (unpaired) electrons. The van der Waals surface area contributed by atoms with Gasteiger partial charge in [-0.25, -0.2) is 0 Å². The van der Waals surface area contributed by atoms with Crippen molar-refractivity contribution in [2.45, 2.75) is 37.9 Å². The molecule has 92 valence electrons. The minimum absolute atomic E-state index is 0. The average molecular weight is 247 g/mol. The molecule has 0 aromatic rings. The van der Waals surface area contributed by atoms with Gasteiger partial charge in [0.25, 0.3) is 0 Å². The lowest BCUT2D eigenvalue weighted by molar-refractivity contribution is -0.125. The Balaban J connectivity index is 0.00000196. The highest BCUT2D eigenvalue weighted by Crippen LogP contribution is 2.22. The van der Waals surface area contributed by atoms with Gasteiger partial charge in [-0.05, 0) is 38.1 Å². The van der Waals surface area contributed by atoms with Crippen molar-refractivity contribution in [1.29, 1.82) is 0 Å². The Bertz CT molecular complexity index is 167. The Morgan fingerprint density at radius 2 is 1.67 bits per heavy atom. The number of alkyl halides is 3. The lowest BCUT2D eigenvalue weighted by Gasteiger charge is -2.26. The van der Waals surface area contributed by atoms with Crippen molar-refractivity contribution < 1.29 is 13.2 Å². The van der Waals surface area contributed by atoms with E-state index in [-0.39, 0.29) is 18.4 Å². The van der Waals surface area contributed by atoms with Gasteiger partial charge in [-0.15, -0.1) is 12.4 Å². The van der Waals surface area contributed by atoms with Crippen LogP contribution in [0.5, 0.6) is 0 Å². The molecule has 0 aliphatic heterocycles. The van der Waals surface area contributed by atoms with Gasteiger partial charge < -0.3 is 11.1 Å². The van der Waals surface area contributed by atoms with Gasteiger partial charge in [0.1, 0.15) is 0 Å². The van der Waals surface area contributed by atoms with E-state index in [0.717, 1.165) is 25.7 Å². The third-order valence-electron chi connectivity index (χ3n) is 2.65. The van der Waals surface area contributed by atoms with Gasteiger partial charge in [-0.1, -0.05) is 0 Å². The van der Waals surface area contributed by atoms with Crippen molar-refractivity contribution >= 4 is 12.4 Å². The van der Waals surface area contributed by atoms with Crippen LogP contribution in [0.3, 0.4) is 0 Å². The highest BCUT2D eigenvalue weighted by atomic mass is 35.5. The van der Waals surface area contributed by atoms with E-state index < -0.39 is 12.7 Å². The van der Waals surface area contributed by atoms with Crippen molar-refractivity contribution in [3.63, 3.8) is 0 Å². The summed E-state index contributed by atoms with van der Waals surface area (Å²) in [5.41, 5.74) is 5.69. The quantitative estimate of drug-likeness (QED) is 0.800. The third-order valence-corrected chi connectivity index (χ3v) is 2.65. The topological polar surface area (TPSA) is 38.0 Å². The summed E-state index contributed by atoms with van der Waals surface area (Å²) < 4.78 is 35.4. The summed E-state index contributed by atoms with van der Waals surface area (Å²) >= 11 is 0. The Morgan fingerprint density at radius 1 is 1.13 bits per heavy atom. The number of nitrogens with one attached hydrogen (secondary N) is 1. The molecule has 0 bridgehead atoms. The van der Waals surface area contributed by atoms with Crippen LogP contribution in [0, 0.1) is 5.92 Å². The Kier molecular flexibility index (Phi) is 6.55. The fraction of sp³-hybridized carbons (Fsp3) is 1.00. The highest BCUT2D eigenvalue weighted by Gasteiger charge is 2.27. The van der Waals surface area contributed by atoms with Gasteiger partial charge in [-0.3, -0.25) is 0 Å². The lowest BCUT2D eigenvalue weighted by Crippen LogP contribution is -2.35. The van der Waals surface area contributed by atoms with Crippen molar-refractivity contribution in [1.82, 2.24) is 5.32 Å². The van der Waals surface area contributed by atoms with Gasteiger partial charge in [0.2, 0.25) is 0 Å². The molecule has 0 atom stereocenters. The first-order valence-corrected chi connectivity index (χ1v) is 5.00. The molecular formula is C9H18ClF3N2. The van der Waals surface area contributed by atoms with Gasteiger partial charge in [0.15, 0.2) is 0 Å². The molecule has 1 aliphatic carbocycles. The van der Waals surface area contributed by atoms with Crippen LogP contribution in [0.1, 0.15) is 25.7 Å².